The molecule has 4 rings (SSSR count). The first-order valence-corrected chi connectivity index (χ1v) is 9.76. The lowest BCUT2D eigenvalue weighted by molar-refractivity contribution is 0.324. The highest BCUT2D eigenvalue weighted by Crippen LogP contribution is 2.34. The molecule has 1 fully saturated rings. The van der Waals surface area contributed by atoms with Crippen LogP contribution in [-0.2, 0) is 0 Å². The summed E-state index contributed by atoms with van der Waals surface area (Å²) in [6.07, 6.45) is 3.80. The van der Waals surface area contributed by atoms with E-state index in [9.17, 15) is 0 Å². The van der Waals surface area contributed by atoms with E-state index in [-0.39, 0.29) is 11.6 Å². The first kappa shape index (κ1) is 17.0. The Labute approximate surface area is 158 Å². The van der Waals surface area contributed by atoms with Gasteiger partial charge in [0.1, 0.15) is 0 Å². The van der Waals surface area contributed by atoms with E-state index in [1.807, 2.05) is 6.20 Å². The van der Waals surface area contributed by atoms with Gasteiger partial charge in [0.25, 0.3) is 0 Å². The van der Waals surface area contributed by atoms with Crippen molar-refractivity contribution in [3.8, 4) is 10.6 Å². The molecule has 0 radical (unpaired) electrons. The molecule has 0 bridgehead atoms. The number of nitrogens with zero attached hydrogens (tertiary/aromatic N) is 2. The Kier molecular flexibility index (Phi) is 4.19. The molecule has 4 nitrogen and oxygen atoms in total. The lowest BCUT2D eigenvalue weighted by Gasteiger charge is -2.38. The Morgan fingerprint density at radius 1 is 1.31 bits per heavy atom. The quantitative estimate of drug-likeness (QED) is 0.677. The van der Waals surface area contributed by atoms with Gasteiger partial charge in [-0.05, 0) is 50.3 Å². The van der Waals surface area contributed by atoms with Crippen LogP contribution < -0.4 is 10.6 Å². The van der Waals surface area contributed by atoms with Gasteiger partial charge >= 0.3 is 0 Å². The number of thiophene rings is 1. The minimum absolute atomic E-state index is 0.0337. The van der Waals surface area contributed by atoms with Gasteiger partial charge in [0, 0.05) is 34.6 Å². The van der Waals surface area contributed by atoms with Gasteiger partial charge in [0.2, 0.25) is 5.95 Å². The van der Waals surface area contributed by atoms with Crippen LogP contribution >= 0.6 is 11.3 Å². The lowest BCUT2D eigenvalue weighted by Crippen LogP contribution is -2.48. The molecule has 5 heteroatoms. The molecule has 1 aromatic carbocycles. The number of anilines is 1. The number of piperidine rings is 1. The van der Waals surface area contributed by atoms with Crippen LogP contribution in [-0.4, -0.2) is 21.5 Å². The molecule has 1 aliphatic heterocycles. The van der Waals surface area contributed by atoms with Crippen molar-refractivity contribution in [2.24, 2.45) is 0 Å². The van der Waals surface area contributed by atoms with E-state index in [1.165, 1.54) is 15.0 Å². The molecular weight excluding hydrogens is 340 g/mol. The zero-order valence-corrected chi connectivity index (χ0v) is 16.3. The summed E-state index contributed by atoms with van der Waals surface area (Å²) in [6.45, 7) is 10.6. The largest absolute Gasteiger partial charge is 0.384 e. The number of benzene rings is 1. The van der Waals surface area contributed by atoms with Gasteiger partial charge in [-0.2, -0.15) is 0 Å². The van der Waals surface area contributed by atoms with Crippen molar-refractivity contribution in [1.29, 1.82) is 0 Å². The second-order valence-corrected chi connectivity index (χ2v) is 8.82. The lowest BCUT2D eigenvalue weighted by atomic mass is 9.88. The fourth-order valence-electron chi connectivity index (χ4n) is 3.71. The smallest absolute Gasteiger partial charge is 0.223 e. The third-order valence-electron chi connectivity index (χ3n) is 4.73. The number of aryl methyl sites for hydroxylation is 1. The van der Waals surface area contributed by atoms with E-state index in [0.717, 1.165) is 29.8 Å². The SMILES string of the molecule is C=C1CC(Nc2ncc(C)c(-c3cc4ccccc4s3)n2)CC(C)(C)N1. The summed E-state index contributed by atoms with van der Waals surface area (Å²) >= 11 is 1.78. The summed E-state index contributed by atoms with van der Waals surface area (Å²) in [7, 11) is 0. The molecule has 0 aliphatic carbocycles. The Balaban J connectivity index is 1.63. The molecule has 3 aromatic rings. The van der Waals surface area contributed by atoms with Crippen LogP contribution in [0, 0.1) is 6.92 Å². The summed E-state index contributed by atoms with van der Waals surface area (Å²) in [4.78, 5) is 10.5. The fraction of sp³-hybridized carbons (Fsp3) is 0.333. The van der Waals surface area contributed by atoms with E-state index < -0.39 is 0 Å². The fourth-order valence-corrected chi connectivity index (χ4v) is 4.83. The number of rotatable bonds is 3. The van der Waals surface area contributed by atoms with Crippen LogP contribution in [0.5, 0.6) is 0 Å². The number of nitrogens with one attached hydrogen (secondary N) is 2. The van der Waals surface area contributed by atoms with Gasteiger partial charge < -0.3 is 10.6 Å². The zero-order valence-electron chi connectivity index (χ0n) is 15.5. The Bertz CT molecular complexity index is 940. The van der Waals surface area contributed by atoms with Crippen LogP contribution in [0.25, 0.3) is 20.7 Å². The minimum atomic E-state index is 0.0337. The molecule has 1 aliphatic rings. The second-order valence-electron chi connectivity index (χ2n) is 7.74. The molecule has 0 saturated carbocycles. The Hall–Kier alpha value is -2.40. The highest BCUT2D eigenvalue weighted by atomic mass is 32.1. The molecule has 0 amide bonds. The summed E-state index contributed by atoms with van der Waals surface area (Å²) in [6, 6.07) is 11.0. The maximum absolute atomic E-state index is 4.84. The molecule has 1 unspecified atom stereocenters. The van der Waals surface area contributed by atoms with E-state index in [0.29, 0.717) is 5.95 Å². The van der Waals surface area contributed by atoms with Crippen molar-refractivity contribution in [3.05, 3.63) is 54.4 Å². The predicted octanol–water partition coefficient (Wildman–Crippen LogP) is 5.12. The number of hydrogen-bond donors (Lipinski definition) is 2. The van der Waals surface area contributed by atoms with Crippen molar-refractivity contribution in [2.75, 3.05) is 5.32 Å². The van der Waals surface area contributed by atoms with Gasteiger partial charge in [-0.1, -0.05) is 24.8 Å². The van der Waals surface area contributed by atoms with Crippen molar-refractivity contribution < 1.29 is 0 Å². The maximum Gasteiger partial charge on any atom is 0.223 e. The topological polar surface area (TPSA) is 49.8 Å². The molecule has 26 heavy (non-hydrogen) atoms. The first-order valence-electron chi connectivity index (χ1n) is 8.95. The maximum atomic E-state index is 4.84. The predicted molar refractivity (Wildman–Crippen MR) is 111 cm³/mol. The highest BCUT2D eigenvalue weighted by molar-refractivity contribution is 7.22. The standard InChI is InChI=1S/C21H24N4S/c1-13-12-22-20(23-16-9-14(2)25-21(3,4)11-16)24-19(13)18-10-15-7-5-6-8-17(15)26-18/h5-8,10,12,16,25H,2,9,11H2,1,3-4H3,(H,22,23,24). The summed E-state index contributed by atoms with van der Waals surface area (Å²) in [5.41, 5.74) is 3.20. The van der Waals surface area contributed by atoms with Gasteiger partial charge in [0.15, 0.2) is 0 Å². The zero-order chi connectivity index (χ0) is 18.3. The summed E-state index contributed by atoms with van der Waals surface area (Å²) in [5, 5.41) is 8.24. The molecule has 2 N–H and O–H groups in total. The van der Waals surface area contributed by atoms with Gasteiger partial charge in [-0.25, -0.2) is 9.97 Å². The number of hydrogen-bond acceptors (Lipinski definition) is 5. The molecule has 2 aromatic heterocycles. The minimum Gasteiger partial charge on any atom is -0.384 e. The van der Waals surface area contributed by atoms with Crippen molar-refractivity contribution in [1.82, 2.24) is 15.3 Å². The Morgan fingerprint density at radius 2 is 2.12 bits per heavy atom. The molecule has 1 saturated heterocycles. The third kappa shape index (κ3) is 3.44. The Morgan fingerprint density at radius 3 is 2.88 bits per heavy atom. The van der Waals surface area contributed by atoms with E-state index in [1.54, 1.807) is 11.3 Å². The second kappa shape index (κ2) is 6.40. The normalized spacial score (nSPS) is 19.3. The van der Waals surface area contributed by atoms with Crippen molar-refractivity contribution in [3.63, 3.8) is 0 Å². The molecule has 1 atom stereocenters. The summed E-state index contributed by atoms with van der Waals surface area (Å²) in [5.74, 6) is 0.693. The summed E-state index contributed by atoms with van der Waals surface area (Å²) < 4.78 is 1.28. The van der Waals surface area contributed by atoms with Gasteiger partial charge in [0.05, 0.1) is 10.6 Å². The van der Waals surface area contributed by atoms with Crippen LogP contribution in [0.15, 0.2) is 48.8 Å². The van der Waals surface area contributed by atoms with Crippen molar-refractivity contribution in [2.45, 2.75) is 45.2 Å². The molecule has 3 heterocycles. The average molecular weight is 365 g/mol. The highest BCUT2D eigenvalue weighted by Gasteiger charge is 2.29. The molecule has 0 spiro atoms. The molecular formula is C21H24N4S. The number of aromatic nitrogens is 2. The van der Waals surface area contributed by atoms with Crippen LogP contribution in [0.3, 0.4) is 0 Å². The van der Waals surface area contributed by atoms with Crippen molar-refractivity contribution >= 4 is 27.4 Å². The first-order chi connectivity index (χ1) is 12.4. The molecule has 134 valence electrons. The van der Waals surface area contributed by atoms with E-state index >= 15 is 0 Å². The average Bonchev–Trinajstić information content (AvgIpc) is 2.98. The van der Waals surface area contributed by atoms with Crippen LogP contribution in [0.2, 0.25) is 0 Å². The monoisotopic (exact) mass is 364 g/mol. The van der Waals surface area contributed by atoms with Crippen LogP contribution in [0.4, 0.5) is 5.95 Å². The van der Waals surface area contributed by atoms with Gasteiger partial charge in [-0.15, -0.1) is 11.3 Å². The number of fused-ring (bicyclic) bond motifs is 1. The van der Waals surface area contributed by atoms with E-state index in [2.05, 4.69) is 73.3 Å². The third-order valence-corrected chi connectivity index (χ3v) is 5.85. The van der Waals surface area contributed by atoms with Gasteiger partial charge in [-0.3, -0.25) is 0 Å². The van der Waals surface area contributed by atoms with E-state index in [4.69, 9.17) is 4.98 Å². The van der Waals surface area contributed by atoms with Crippen LogP contribution in [0.1, 0.15) is 32.3 Å².